The third kappa shape index (κ3) is 8.82. The van der Waals surface area contributed by atoms with Gasteiger partial charge in [-0.25, -0.2) is 0 Å². The van der Waals surface area contributed by atoms with Crippen LogP contribution in [0.25, 0.3) is 0 Å². The molecule has 0 fully saturated rings. The highest BCUT2D eigenvalue weighted by Gasteiger charge is 2.54. The quantitative estimate of drug-likeness (QED) is 0.651. The summed E-state index contributed by atoms with van der Waals surface area (Å²) in [6, 6.07) is 3.78. The van der Waals surface area contributed by atoms with E-state index in [4.69, 9.17) is 0 Å². The highest BCUT2D eigenvalue weighted by atomic mass is 19.4. The molecule has 0 unspecified atom stereocenters. The summed E-state index contributed by atoms with van der Waals surface area (Å²) in [5.41, 5.74) is 1.07. The molecular weight excluding hydrogens is 358 g/mol. The van der Waals surface area contributed by atoms with Crippen LogP contribution in [0.5, 0.6) is 0 Å². The number of carbonyl (C=O) groups excluding carboxylic acids is 3. The van der Waals surface area contributed by atoms with Gasteiger partial charge < -0.3 is 5.32 Å². The molecule has 11 heteroatoms. The third-order valence-electron chi connectivity index (χ3n) is 2.46. The Hall–Kier alpha value is -2.46. The fourth-order valence-corrected chi connectivity index (χ4v) is 1.15. The maximum absolute atomic E-state index is 11.2. The number of nitrogens with one attached hydrogen (secondary N) is 1. The van der Waals surface area contributed by atoms with E-state index >= 15 is 0 Å². The van der Waals surface area contributed by atoms with Crippen molar-refractivity contribution in [1.29, 1.82) is 0 Å². The van der Waals surface area contributed by atoms with Gasteiger partial charge in [0.2, 0.25) is 5.91 Å². The van der Waals surface area contributed by atoms with Gasteiger partial charge >= 0.3 is 23.9 Å². The van der Waals surface area contributed by atoms with Crippen LogP contribution in [0.4, 0.5) is 26.3 Å². The number of hydrogen-bond donors (Lipinski definition) is 1. The molecule has 140 valence electrons. The molecule has 1 aromatic rings. The minimum Gasteiger partial charge on any atom is -0.352 e. The highest BCUT2D eigenvalue weighted by Crippen LogP contribution is 2.23. The van der Waals surface area contributed by atoms with Gasteiger partial charge in [-0.3, -0.25) is 19.4 Å². The Morgan fingerprint density at radius 3 is 1.68 bits per heavy atom. The van der Waals surface area contributed by atoms with Crippen molar-refractivity contribution >= 4 is 17.5 Å². The third-order valence-corrected chi connectivity index (χ3v) is 2.46. The van der Waals surface area contributed by atoms with E-state index in [9.17, 15) is 40.7 Å². The molecule has 0 saturated heterocycles. The Morgan fingerprint density at radius 1 is 0.960 bits per heavy atom. The molecule has 0 aliphatic carbocycles. The van der Waals surface area contributed by atoms with Crippen molar-refractivity contribution in [2.24, 2.45) is 5.92 Å². The predicted molar refractivity (Wildman–Crippen MR) is 73.0 cm³/mol. The average molecular weight is 372 g/mol. The van der Waals surface area contributed by atoms with Gasteiger partial charge in [-0.1, -0.05) is 13.8 Å². The van der Waals surface area contributed by atoms with Crippen molar-refractivity contribution in [2.75, 3.05) is 0 Å². The molecule has 0 bridgehead atoms. The summed E-state index contributed by atoms with van der Waals surface area (Å²) in [6.07, 6.45) is -8.10. The zero-order valence-corrected chi connectivity index (χ0v) is 13.0. The summed E-state index contributed by atoms with van der Waals surface area (Å²) >= 11 is 0. The molecule has 1 rings (SSSR count). The molecule has 0 radical (unpaired) electrons. The zero-order valence-electron chi connectivity index (χ0n) is 13.0. The van der Waals surface area contributed by atoms with Crippen LogP contribution < -0.4 is 5.32 Å². The van der Waals surface area contributed by atoms with Gasteiger partial charge in [0.15, 0.2) is 0 Å². The summed E-state index contributed by atoms with van der Waals surface area (Å²) in [7, 11) is 0. The van der Waals surface area contributed by atoms with Gasteiger partial charge in [0.05, 0.1) is 0 Å². The van der Waals surface area contributed by atoms with Crippen LogP contribution in [0.15, 0.2) is 24.5 Å². The van der Waals surface area contributed by atoms with Crippen molar-refractivity contribution < 1.29 is 40.7 Å². The number of nitrogens with zero attached hydrogens (tertiary/aromatic N) is 1. The number of halogens is 6. The van der Waals surface area contributed by atoms with Crippen molar-refractivity contribution in [3.63, 3.8) is 0 Å². The first-order chi connectivity index (χ1) is 11.3. The molecule has 0 aromatic carbocycles. The lowest BCUT2D eigenvalue weighted by Gasteiger charge is -2.06. The van der Waals surface area contributed by atoms with Crippen LogP contribution in [-0.4, -0.2) is 34.8 Å². The lowest BCUT2D eigenvalue weighted by atomic mass is 10.2. The number of alkyl halides is 6. The SMILES string of the molecule is CC(C)C(=O)NCc1ccncc1.O=C(C(=O)C(F)(F)F)C(F)(F)F. The van der Waals surface area contributed by atoms with E-state index in [-0.39, 0.29) is 11.8 Å². The molecule has 1 heterocycles. The fourth-order valence-electron chi connectivity index (χ4n) is 1.15. The Balaban J connectivity index is 0.000000463. The van der Waals surface area contributed by atoms with E-state index in [1.54, 1.807) is 12.4 Å². The molecule has 0 aliphatic heterocycles. The van der Waals surface area contributed by atoms with Crippen molar-refractivity contribution in [3.8, 4) is 0 Å². The Bertz CT molecular complexity index is 573. The summed E-state index contributed by atoms with van der Waals surface area (Å²) in [5.74, 6) is -6.69. The van der Waals surface area contributed by atoms with E-state index in [0.29, 0.717) is 6.54 Å². The lowest BCUT2D eigenvalue weighted by Crippen LogP contribution is -2.39. The normalized spacial score (nSPS) is 11.4. The van der Waals surface area contributed by atoms with Gasteiger partial charge in [-0.2, -0.15) is 26.3 Å². The molecule has 0 spiro atoms. The molecular formula is C14H14F6N2O3. The van der Waals surface area contributed by atoms with Crippen LogP contribution in [0, 0.1) is 5.92 Å². The summed E-state index contributed by atoms with van der Waals surface area (Å²) in [5, 5.41) is 2.83. The molecule has 5 nitrogen and oxygen atoms in total. The van der Waals surface area contributed by atoms with E-state index in [2.05, 4.69) is 10.3 Å². The largest absolute Gasteiger partial charge is 0.458 e. The Kier molecular flexibility index (Phi) is 8.24. The van der Waals surface area contributed by atoms with E-state index < -0.39 is 23.9 Å². The topological polar surface area (TPSA) is 76.1 Å². The van der Waals surface area contributed by atoms with Crippen molar-refractivity contribution in [1.82, 2.24) is 10.3 Å². The number of Topliss-reactive ketones (excluding diaryl/α,β-unsaturated/α-hetero) is 2. The fraction of sp³-hybridized carbons (Fsp3) is 0.429. The number of ketones is 2. The molecule has 25 heavy (non-hydrogen) atoms. The molecule has 0 atom stereocenters. The summed E-state index contributed by atoms with van der Waals surface area (Å²) < 4.78 is 67.0. The molecule has 0 saturated carbocycles. The van der Waals surface area contributed by atoms with Crippen molar-refractivity contribution in [2.45, 2.75) is 32.7 Å². The number of pyridine rings is 1. The smallest absolute Gasteiger partial charge is 0.352 e. The maximum Gasteiger partial charge on any atom is 0.458 e. The first-order valence-corrected chi connectivity index (χ1v) is 6.66. The van der Waals surface area contributed by atoms with Crippen LogP contribution in [-0.2, 0) is 20.9 Å². The number of hydrogen-bond acceptors (Lipinski definition) is 4. The second kappa shape index (κ2) is 9.14. The summed E-state index contributed by atoms with van der Waals surface area (Å²) in [6.45, 7) is 4.34. The number of amides is 1. The van der Waals surface area contributed by atoms with E-state index in [0.717, 1.165) is 5.56 Å². The monoisotopic (exact) mass is 372 g/mol. The zero-order chi connectivity index (χ0) is 19.8. The summed E-state index contributed by atoms with van der Waals surface area (Å²) in [4.78, 5) is 34.3. The predicted octanol–water partition coefficient (Wildman–Crippen LogP) is 2.60. The lowest BCUT2D eigenvalue weighted by molar-refractivity contribution is -0.193. The molecule has 1 N–H and O–H groups in total. The highest BCUT2D eigenvalue weighted by molar-refractivity contribution is 6.41. The molecule has 0 aliphatic rings. The van der Waals surface area contributed by atoms with Gasteiger partial charge in [-0.05, 0) is 17.7 Å². The molecule has 1 aromatic heterocycles. The average Bonchev–Trinajstić information content (AvgIpc) is 2.50. The van der Waals surface area contributed by atoms with E-state index in [1.165, 1.54) is 0 Å². The first kappa shape index (κ1) is 22.5. The van der Waals surface area contributed by atoms with Gasteiger partial charge in [0.1, 0.15) is 0 Å². The van der Waals surface area contributed by atoms with Crippen LogP contribution in [0.3, 0.4) is 0 Å². The number of carbonyl (C=O) groups is 3. The second-order valence-electron chi connectivity index (χ2n) is 4.88. The van der Waals surface area contributed by atoms with Crippen LogP contribution in [0.1, 0.15) is 19.4 Å². The maximum atomic E-state index is 11.2. The number of rotatable bonds is 4. The first-order valence-electron chi connectivity index (χ1n) is 6.66. The van der Waals surface area contributed by atoms with Crippen LogP contribution in [0.2, 0.25) is 0 Å². The van der Waals surface area contributed by atoms with Gasteiger partial charge in [-0.15, -0.1) is 0 Å². The van der Waals surface area contributed by atoms with Gasteiger partial charge in [0.25, 0.3) is 0 Å². The standard InChI is InChI=1S/C10H14N2O.C4F6O2/c1-8(2)10(13)12-7-9-3-5-11-6-4-9;5-3(6,7)1(11)2(12)4(8,9)10/h3-6,8H,7H2,1-2H3,(H,12,13);. The van der Waals surface area contributed by atoms with Crippen LogP contribution >= 0.6 is 0 Å². The number of aromatic nitrogens is 1. The minimum absolute atomic E-state index is 0.0434. The van der Waals surface area contributed by atoms with Crippen molar-refractivity contribution in [3.05, 3.63) is 30.1 Å². The minimum atomic E-state index is -5.77. The van der Waals surface area contributed by atoms with Gasteiger partial charge in [0, 0.05) is 24.9 Å². The Labute approximate surface area is 138 Å². The second-order valence-corrected chi connectivity index (χ2v) is 4.88. The molecule has 1 amide bonds. The van der Waals surface area contributed by atoms with E-state index in [1.807, 2.05) is 26.0 Å². The Morgan fingerprint density at radius 2 is 1.36 bits per heavy atom.